The number of aromatic amines is 1. The second kappa shape index (κ2) is 5.54. The molecule has 1 N–H and O–H groups in total. The third-order valence-corrected chi connectivity index (χ3v) is 5.50. The van der Waals surface area contributed by atoms with Crippen LogP contribution in [0.15, 0.2) is 36.5 Å². The molecule has 0 amide bonds. The molecular weight excluding hydrogens is 275 g/mol. The molecule has 1 aromatic heterocycles. The number of fused-ring (bicyclic) bond motifs is 3. The Balaban J connectivity index is 1.50. The van der Waals surface area contributed by atoms with E-state index in [1.807, 2.05) is 12.3 Å². The highest BCUT2D eigenvalue weighted by Gasteiger charge is 2.35. The Morgan fingerprint density at radius 3 is 3.05 bits per heavy atom. The molecule has 0 saturated carbocycles. The molecule has 22 heavy (non-hydrogen) atoms. The Kier molecular flexibility index (Phi) is 3.53. The van der Waals surface area contributed by atoms with E-state index in [0.717, 1.165) is 30.2 Å². The number of H-pyrrole nitrogens is 1. The van der Waals surface area contributed by atoms with E-state index in [0.29, 0.717) is 11.6 Å². The zero-order chi connectivity index (χ0) is 15.1. The maximum atomic E-state index is 13.8. The topological polar surface area (TPSA) is 19.0 Å². The highest BCUT2D eigenvalue weighted by atomic mass is 19.1. The summed E-state index contributed by atoms with van der Waals surface area (Å²) in [5.41, 5.74) is 1.87. The number of nitrogens with one attached hydrogen (secondary N) is 1. The van der Waals surface area contributed by atoms with Crippen molar-refractivity contribution < 1.29 is 4.39 Å². The first-order valence-corrected chi connectivity index (χ1v) is 8.43. The fourth-order valence-electron chi connectivity index (χ4n) is 4.31. The number of para-hydroxylation sites is 1. The molecule has 5 rings (SSSR count). The van der Waals surface area contributed by atoms with Crippen LogP contribution in [-0.2, 0) is 6.42 Å². The monoisotopic (exact) mass is 298 g/mol. The van der Waals surface area contributed by atoms with Gasteiger partial charge in [-0.15, -0.1) is 0 Å². The van der Waals surface area contributed by atoms with Gasteiger partial charge in [0.1, 0.15) is 5.82 Å². The summed E-state index contributed by atoms with van der Waals surface area (Å²) in [4.78, 5) is 5.72. The highest BCUT2D eigenvalue weighted by Crippen LogP contribution is 2.36. The standard InChI is InChI=1S/C19H23FN2/c1-2-14-10-13-6-7-18(14)22(12-13)9-8-15-11-21-19-16(15)4-3-5-17(19)20/h3-7,11,13-14,18,21H,2,8-10,12H2,1H3. The minimum Gasteiger partial charge on any atom is -0.359 e. The second-order valence-corrected chi connectivity index (χ2v) is 6.76. The molecule has 3 heteroatoms. The van der Waals surface area contributed by atoms with Gasteiger partial charge in [0.2, 0.25) is 0 Å². The van der Waals surface area contributed by atoms with Gasteiger partial charge in [-0.1, -0.05) is 37.6 Å². The third-order valence-electron chi connectivity index (χ3n) is 5.50. The van der Waals surface area contributed by atoms with Crippen molar-refractivity contribution in [3.05, 3.63) is 47.9 Å². The van der Waals surface area contributed by atoms with Crippen LogP contribution in [0.1, 0.15) is 25.3 Å². The van der Waals surface area contributed by atoms with Crippen LogP contribution in [0, 0.1) is 17.7 Å². The average molecular weight is 298 g/mol. The summed E-state index contributed by atoms with van der Waals surface area (Å²) >= 11 is 0. The maximum Gasteiger partial charge on any atom is 0.147 e. The summed E-state index contributed by atoms with van der Waals surface area (Å²) in [5.74, 6) is 1.38. The van der Waals surface area contributed by atoms with Gasteiger partial charge in [-0.3, -0.25) is 4.90 Å². The molecule has 0 spiro atoms. The molecule has 1 saturated heterocycles. The molecule has 1 aliphatic carbocycles. The summed E-state index contributed by atoms with van der Waals surface area (Å²) in [6.07, 6.45) is 10.4. The average Bonchev–Trinajstić information content (AvgIpc) is 2.98. The quantitative estimate of drug-likeness (QED) is 0.841. The summed E-state index contributed by atoms with van der Waals surface area (Å²) in [6, 6.07) is 5.94. The number of rotatable bonds is 4. The van der Waals surface area contributed by atoms with Crippen LogP contribution in [-0.4, -0.2) is 29.0 Å². The fourth-order valence-corrected chi connectivity index (χ4v) is 4.31. The van der Waals surface area contributed by atoms with Gasteiger partial charge >= 0.3 is 0 Å². The van der Waals surface area contributed by atoms with Gasteiger partial charge in [0.15, 0.2) is 0 Å². The largest absolute Gasteiger partial charge is 0.359 e. The Morgan fingerprint density at radius 2 is 2.23 bits per heavy atom. The lowest BCUT2D eigenvalue weighted by molar-refractivity contribution is 0.0826. The van der Waals surface area contributed by atoms with Crippen molar-refractivity contribution in [2.75, 3.05) is 13.1 Å². The molecule has 3 heterocycles. The lowest BCUT2D eigenvalue weighted by Crippen LogP contribution is -2.50. The van der Waals surface area contributed by atoms with Gasteiger partial charge < -0.3 is 4.98 Å². The van der Waals surface area contributed by atoms with Gasteiger partial charge in [0.25, 0.3) is 0 Å². The summed E-state index contributed by atoms with van der Waals surface area (Å²) in [6.45, 7) is 4.56. The van der Waals surface area contributed by atoms with E-state index < -0.39 is 0 Å². The van der Waals surface area contributed by atoms with Gasteiger partial charge in [-0.2, -0.15) is 0 Å². The molecule has 2 nitrogen and oxygen atoms in total. The lowest BCUT2D eigenvalue weighted by Gasteiger charge is -2.46. The van der Waals surface area contributed by atoms with Crippen LogP contribution < -0.4 is 0 Å². The molecule has 0 radical (unpaired) electrons. The molecule has 116 valence electrons. The molecule has 2 aliphatic heterocycles. The zero-order valence-electron chi connectivity index (χ0n) is 13.1. The summed E-state index contributed by atoms with van der Waals surface area (Å²) in [7, 11) is 0. The number of nitrogens with zero attached hydrogens (tertiary/aromatic N) is 1. The lowest BCUT2D eigenvalue weighted by atomic mass is 9.76. The van der Waals surface area contributed by atoms with E-state index in [-0.39, 0.29) is 5.82 Å². The molecule has 3 unspecified atom stereocenters. The van der Waals surface area contributed by atoms with E-state index >= 15 is 0 Å². The summed E-state index contributed by atoms with van der Waals surface area (Å²) < 4.78 is 13.8. The Hall–Kier alpha value is -1.61. The van der Waals surface area contributed by atoms with Crippen LogP contribution in [0.2, 0.25) is 0 Å². The number of hydrogen-bond donors (Lipinski definition) is 1. The van der Waals surface area contributed by atoms with Crippen LogP contribution >= 0.6 is 0 Å². The SMILES string of the molecule is CCC1CC2C=CC1N(CCc1c[nH]c3c(F)cccc13)C2. The van der Waals surface area contributed by atoms with Crippen LogP contribution in [0.25, 0.3) is 10.9 Å². The molecule has 1 aromatic carbocycles. The predicted octanol–water partition coefficient (Wildman–Crippen LogP) is 4.14. The Morgan fingerprint density at radius 1 is 1.32 bits per heavy atom. The van der Waals surface area contributed by atoms with Gasteiger partial charge in [0.05, 0.1) is 5.52 Å². The van der Waals surface area contributed by atoms with Crippen molar-refractivity contribution in [1.29, 1.82) is 0 Å². The number of hydrogen-bond acceptors (Lipinski definition) is 1. The van der Waals surface area contributed by atoms with Crippen molar-refractivity contribution in [2.45, 2.75) is 32.2 Å². The van der Waals surface area contributed by atoms with Crippen LogP contribution in [0.4, 0.5) is 4.39 Å². The van der Waals surface area contributed by atoms with Crippen molar-refractivity contribution in [3.63, 3.8) is 0 Å². The van der Waals surface area contributed by atoms with Gasteiger partial charge in [0, 0.05) is 30.7 Å². The maximum absolute atomic E-state index is 13.8. The minimum atomic E-state index is -0.158. The predicted molar refractivity (Wildman–Crippen MR) is 88.3 cm³/mol. The fraction of sp³-hybridized carbons (Fsp3) is 0.474. The van der Waals surface area contributed by atoms with E-state index in [2.05, 4.69) is 29.0 Å². The molecule has 1 fully saturated rings. The molecule has 3 atom stereocenters. The molecular formula is C19H23FN2. The van der Waals surface area contributed by atoms with Crippen molar-refractivity contribution in [3.8, 4) is 0 Å². The van der Waals surface area contributed by atoms with Gasteiger partial charge in [-0.05, 0) is 36.3 Å². The number of benzene rings is 1. The van der Waals surface area contributed by atoms with Crippen molar-refractivity contribution >= 4 is 10.9 Å². The number of halogens is 1. The first-order valence-electron chi connectivity index (χ1n) is 8.43. The minimum absolute atomic E-state index is 0.158. The van der Waals surface area contributed by atoms with Crippen molar-refractivity contribution in [2.24, 2.45) is 11.8 Å². The molecule has 3 aliphatic rings. The Labute approximate surface area is 131 Å². The van der Waals surface area contributed by atoms with E-state index in [9.17, 15) is 4.39 Å². The van der Waals surface area contributed by atoms with E-state index in [4.69, 9.17) is 0 Å². The smallest absolute Gasteiger partial charge is 0.147 e. The zero-order valence-corrected chi connectivity index (χ0v) is 13.1. The van der Waals surface area contributed by atoms with Crippen LogP contribution in [0.3, 0.4) is 0 Å². The van der Waals surface area contributed by atoms with Crippen LogP contribution in [0.5, 0.6) is 0 Å². The number of piperidine rings is 1. The van der Waals surface area contributed by atoms with E-state index in [1.165, 1.54) is 31.0 Å². The van der Waals surface area contributed by atoms with Gasteiger partial charge in [-0.25, -0.2) is 4.39 Å². The first-order chi connectivity index (χ1) is 10.8. The molecule has 2 aromatic rings. The second-order valence-electron chi connectivity index (χ2n) is 6.76. The Bertz CT molecular complexity index is 703. The summed E-state index contributed by atoms with van der Waals surface area (Å²) in [5, 5.41) is 1.03. The third kappa shape index (κ3) is 2.28. The van der Waals surface area contributed by atoms with E-state index in [1.54, 1.807) is 6.07 Å². The highest BCUT2D eigenvalue weighted by molar-refractivity contribution is 5.83. The molecule has 2 bridgehead atoms. The van der Waals surface area contributed by atoms with Crippen molar-refractivity contribution in [1.82, 2.24) is 9.88 Å². The first kappa shape index (κ1) is 14.0. The number of aromatic nitrogens is 1. The normalized spacial score (nSPS) is 27.8.